The van der Waals surface area contributed by atoms with Crippen LogP contribution >= 0.6 is 0 Å². The molecule has 6 nitrogen and oxygen atoms in total. The van der Waals surface area contributed by atoms with Crippen molar-refractivity contribution in [2.45, 2.75) is 39.8 Å². The van der Waals surface area contributed by atoms with Crippen molar-refractivity contribution >= 4 is 12.1 Å². The van der Waals surface area contributed by atoms with E-state index in [9.17, 15) is 9.59 Å². The smallest absolute Gasteiger partial charge is 0.407 e. The zero-order valence-electron chi connectivity index (χ0n) is 13.7. The van der Waals surface area contributed by atoms with Crippen molar-refractivity contribution in [2.24, 2.45) is 0 Å². The van der Waals surface area contributed by atoms with Crippen LogP contribution in [0.3, 0.4) is 0 Å². The first-order chi connectivity index (χ1) is 10.3. The fourth-order valence-corrected chi connectivity index (χ4v) is 1.70. The predicted molar refractivity (Wildman–Crippen MR) is 85.7 cm³/mol. The van der Waals surface area contributed by atoms with Gasteiger partial charge in [0.25, 0.3) is 0 Å². The third kappa shape index (κ3) is 7.52. The predicted octanol–water partition coefficient (Wildman–Crippen LogP) is 2.32. The van der Waals surface area contributed by atoms with Gasteiger partial charge in [0, 0.05) is 19.6 Å². The first kappa shape index (κ1) is 17.8. The van der Waals surface area contributed by atoms with E-state index in [4.69, 9.17) is 4.74 Å². The zero-order chi connectivity index (χ0) is 16.6. The summed E-state index contributed by atoms with van der Waals surface area (Å²) in [5, 5.41) is 8.02. The van der Waals surface area contributed by atoms with E-state index in [0.717, 1.165) is 11.1 Å². The average molecular weight is 307 g/mol. The summed E-state index contributed by atoms with van der Waals surface area (Å²) in [5.41, 5.74) is 1.68. The van der Waals surface area contributed by atoms with Gasteiger partial charge >= 0.3 is 12.1 Å². The Bertz CT molecular complexity index is 510. The first-order valence-electron chi connectivity index (χ1n) is 7.31. The van der Waals surface area contributed by atoms with Crippen molar-refractivity contribution in [1.29, 1.82) is 0 Å². The quantitative estimate of drug-likeness (QED) is 0.730. The van der Waals surface area contributed by atoms with E-state index < -0.39 is 11.7 Å². The molecule has 1 rings (SSSR count). The molecule has 0 spiro atoms. The minimum Gasteiger partial charge on any atom is -0.444 e. The minimum absolute atomic E-state index is 0.269. The Labute approximate surface area is 131 Å². The van der Waals surface area contributed by atoms with Crippen LogP contribution in [0.15, 0.2) is 24.3 Å². The van der Waals surface area contributed by atoms with Gasteiger partial charge in [-0.1, -0.05) is 24.3 Å². The number of nitrogens with one attached hydrogen (secondary N) is 3. The molecule has 0 saturated heterocycles. The summed E-state index contributed by atoms with van der Waals surface area (Å²) in [6.45, 7) is 8.50. The SMILES string of the molecule is Cc1ccccc1CNC(=O)NCCNC(=O)OC(C)(C)C. The topological polar surface area (TPSA) is 79.5 Å². The molecule has 0 bridgehead atoms. The molecule has 1 aromatic carbocycles. The molecule has 0 heterocycles. The van der Waals surface area contributed by atoms with Gasteiger partial charge in [-0.2, -0.15) is 0 Å². The number of hydrogen-bond donors (Lipinski definition) is 3. The second-order valence-electron chi connectivity index (χ2n) is 5.96. The molecule has 1 aromatic rings. The van der Waals surface area contributed by atoms with Crippen LogP contribution in [0.25, 0.3) is 0 Å². The second-order valence-corrected chi connectivity index (χ2v) is 5.96. The van der Waals surface area contributed by atoms with Crippen LogP contribution < -0.4 is 16.0 Å². The van der Waals surface area contributed by atoms with Crippen LogP contribution in [0.4, 0.5) is 9.59 Å². The summed E-state index contributed by atoms with van der Waals surface area (Å²) in [5.74, 6) is 0. The van der Waals surface area contributed by atoms with E-state index in [1.54, 1.807) is 20.8 Å². The lowest BCUT2D eigenvalue weighted by molar-refractivity contribution is 0.0528. The number of ether oxygens (including phenoxy) is 1. The number of hydrogen-bond acceptors (Lipinski definition) is 3. The molecule has 0 aliphatic rings. The van der Waals surface area contributed by atoms with Gasteiger partial charge in [0.05, 0.1) is 0 Å². The zero-order valence-corrected chi connectivity index (χ0v) is 13.7. The molecule has 0 radical (unpaired) electrons. The Morgan fingerprint density at radius 3 is 2.32 bits per heavy atom. The number of urea groups is 1. The van der Waals surface area contributed by atoms with Gasteiger partial charge in [-0.15, -0.1) is 0 Å². The average Bonchev–Trinajstić information content (AvgIpc) is 2.41. The number of benzene rings is 1. The lowest BCUT2D eigenvalue weighted by atomic mass is 10.1. The first-order valence-corrected chi connectivity index (χ1v) is 7.31. The number of amides is 3. The Balaban J connectivity index is 2.16. The molecule has 0 aliphatic carbocycles. The lowest BCUT2D eigenvalue weighted by Crippen LogP contribution is -2.41. The highest BCUT2D eigenvalue weighted by atomic mass is 16.6. The lowest BCUT2D eigenvalue weighted by Gasteiger charge is -2.19. The molecule has 122 valence electrons. The molecule has 3 amide bonds. The molecular formula is C16H25N3O3. The summed E-state index contributed by atoms with van der Waals surface area (Å²) >= 11 is 0. The van der Waals surface area contributed by atoms with Crippen molar-refractivity contribution in [2.75, 3.05) is 13.1 Å². The molecule has 6 heteroatoms. The highest BCUT2D eigenvalue weighted by molar-refractivity contribution is 5.74. The molecule has 0 aromatic heterocycles. The van der Waals surface area contributed by atoms with Crippen LogP contribution in [-0.4, -0.2) is 30.8 Å². The highest BCUT2D eigenvalue weighted by Gasteiger charge is 2.15. The second kappa shape index (κ2) is 8.26. The van der Waals surface area contributed by atoms with Crippen LogP contribution in [0.1, 0.15) is 31.9 Å². The number of alkyl carbamates (subject to hydrolysis) is 1. The highest BCUT2D eigenvalue weighted by Crippen LogP contribution is 2.06. The summed E-state index contributed by atoms with van der Waals surface area (Å²) in [6, 6.07) is 7.60. The van der Waals surface area contributed by atoms with E-state index in [0.29, 0.717) is 19.6 Å². The monoisotopic (exact) mass is 307 g/mol. The van der Waals surface area contributed by atoms with Gasteiger partial charge in [0.1, 0.15) is 5.60 Å². The van der Waals surface area contributed by atoms with Gasteiger partial charge < -0.3 is 20.7 Å². The normalized spacial score (nSPS) is 10.7. The number of carbonyl (C=O) groups excluding carboxylic acids is 2. The molecular weight excluding hydrogens is 282 g/mol. The van der Waals surface area contributed by atoms with Crippen LogP contribution in [0, 0.1) is 6.92 Å². The molecule has 0 saturated carbocycles. The van der Waals surface area contributed by atoms with Crippen LogP contribution in [0.2, 0.25) is 0 Å². The Morgan fingerprint density at radius 2 is 1.68 bits per heavy atom. The summed E-state index contributed by atoms with van der Waals surface area (Å²) in [4.78, 5) is 23.0. The molecule has 0 fully saturated rings. The van der Waals surface area contributed by atoms with E-state index in [1.807, 2.05) is 31.2 Å². The van der Waals surface area contributed by atoms with Crippen LogP contribution in [0.5, 0.6) is 0 Å². The van der Waals surface area contributed by atoms with Crippen molar-refractivity contribution in [1.82, 2.24) is 16.0 Å². The minimum atomic E-state index is -0.525. The van der Waals surface area contributed by atoms with E-state index in [-0.39, 0.29) is 6.03 Å². The Hall–Kier alpha value is -2.24. The van der Waals surface area contributed by atoms with Crippen molar-refractivity contribution in [3.63, 3.8) is 0 Å². The van der Waals surface area contributed by atoms with E-state index in [1.165, 1.54) is 0 Å². The maximum atomic E-state index is 11.6. The third-order valence-corrected chi connectivity index (χ3v) is 2.78. The maximum absolute atomic E-state index is 11.6. The summed E-state index contributed by atoms with van der Waals surface area (Å²) < 4.78 is 5.08. The molecule has 0 aliphatic heterocycles. The fraction of sp³-hybridized carbons (Fsp3) is 0.500. The van der Waals surface area contributed by atoms with Crippen LogP contribution in [-0.2, 0) is 11.3 Å². The maximum Gasteiger partial charge on any atom is 0.407 e. The third-order valence-electron chi connectivity index (χ3n) is 2.78. The van der Waals surface area contributed by atoms with Gasteiger partial charge in [0.2, 0.25) is 0 Å². The molecule has 0 unspecified atom stereocenters. The number of carbonyl (C=O) groups is 2. The van der Waals surface area contributed by atoms with E-state index >= 15 is 0 Å². The number of aryl methyl sites for hydroxylation is 1. The van der Waals surface area contributed by atoms with Crippen molar-refractivity contribution in [3.05, 3.63) is 35.4 Å². The fourth-order valence-electron chi connectivity index (χ4n) is 1.70. The Morgan fingerprint density at radius 1 is 1.05 bits per heavy atom. The van der Waals surface area contributed by atoms with Crippen molar-refractivity contribution in [3.8, 4) is 0 Å². The molecule has 3 N–H and O–H groups in total. The van der Waals surface area contributed by atoms with Gasteiger partial charge in [0.15, 0.2) is 0 Å². The largest absolute Gasteiger partial charge is 0.444 e. The molecule has 22 heavy (non-hydrogen) atoms. The molecule has 0 atom stereocenters. The van der Waals surface area contributed by atoms with Crippen molar-refractivity contribution < 1.29 is 14.3 Å². The van der Waals surface area contributed by atoms with Gasteiger partial charge in [-0.3, -0.25) is 0 Å². The van der Waals surface area contributed by atoms with E-state index in [2.05, 4.69) is 16.0 Å². The summed E-state index contributed by atoms with van der Waals surface area (Å²) in [6.07, 6.45) is -0.491. The van der Waals surface area contributed by atoms with Gasteiger partial charge in [-0.25, -0.2) is 9.59 Å². The standard InChI is InChI=1S/C16H25N3O3/c1-12-7-5-6-8-13(12)11-19-14(20)17-9-10-18-15(21)22-16(2,3)4/h5-8H,9-11H2,1-4H3,(H,18,21)(H2,17,19,20). The number of rotatable bonds is 5. The Kier molecular flexibility index (Phi) is 6.69. The van der Waals surface area contributed by atoms with Gasteiger partial charge in [-0.05, 0) is 38.8 Å². The summed E-state index contributed by atoms with van der Waals surface area (Å²) in [7, 11) is 0.